The van der Waals surface area contributed by atoms with Gasteiger partial charge in [-0.25, -0.2) is 8.42 Å². The van der Waals surface area contributed by atoms with Crippen molar-refractivity contribution in [3.05, 3.63) is 28.2 Å². The van der Waals surface area contributed by atoms with Gasteiger partial charge in [-0.2, -0.15) is 0 Å². The highest BCUT2D eigenvalue weighted by Crippen LogP contribution is 2.20. The van der Waals surface area contributed by atoms with Crippen molar-refractivity contribution >= 4 is 31.6 Å². The number of unbranched alkanes of at least 4 members (excludes halogenated alkanes) is 1. The lowest BCUT2D eigenvalue weighted by molar-refractivity contribution is 0.595. The Hall–Kier alpha value is -0.590. The topological polar surface area (TPSA) is 58.2 Å². The second kappa shape index (κ2) is 7.11. The average molecular weight is 335 g/mol. The molecule has 0 saturated heterocycles. The standard InChI is InChI=1S/C12H19BrN2O2S/c1-10-7-11(13)9-12(8-10)15-18(16,17)6-4-3-5-14-2/h7-9,14-15H,3-6H2,1-2H3. The highest BCUT2D eigenvalue weighted by Gasteiger charge is 2.10. The van der Waals surface area contributed by atoms with Crippen molar-refractivity contribution in [2.24, 2.45) is 0 Å². The van der Waals surface area contributed by atoms with E-state index in [-0.39, 0.29) is 5.75 Å². The number of benzene rings is 1. The summed E-state index contributed by atoms with van der Waals surface area (Å²) in [5.74, 6) is 0.153. The highest BCUT2D eigenvalue weighted by atomic mass is 79.9. The molecule has 0 aliphatic rings. The lowest BCUT2D eigenvalue weighted by atomic mass is 10.2. The third-order valence-electron chi connectivity index (χ3n) is 2.41. The minimum absolute atomic E-state index is 0.153. The Balaban J connectivity index is 2.59. The first kappa shape index (κ1) is 15.5. The summed E-state index contributed by atoms with van der Waals surface area (Å²) in [5.41, 5.74) is 1.62. The molecule has 0 aliphatic heterocycles. The van der Waals surface area contributed by atoms with Gasteiger partial charge in [-0.05, 0) is 57.1 Å². The van der Waals surface area contributed by atoms with Gasteiger partial charge in [0.2, 0.25) is 10.0 Å². The van der Waals surface area contributed by atoms with Crippen LogP contribution in [0.3, 0.4) is 0 Å². The monoisotopic (exact) mass is 334 g/mol. The van der Waals surface area contributed by atoms with E-state index in [0.29, 0.717) is 12.1 Å². The number of rotatable bonds is 7. The van der Waals surface area contributed by atoms with Crippen LogP contribution in [0.2, 0.25) is 0 Å². The molecule has 1 aromatic carbocycles. The SMILES string of the molecule is CNCCCCS(=O)(=O)Nc1cc(C)cc(Br)c1. The zero-order valence-electron chi connectivity index (χ0n) is 10.7. The van der Waals surface area contributed by atoms with Crippen LogP contribution in [0.15, 0.2) is 22.7 Å². The van der Waals surface area contributed by atoms with Crippen LogP contribution < -0.4 is 10.0 Å². The Morgan fingerprint density at radius 2 is 1.94 bits per heavy atom. The van der Waals surface area contributed by atoms with Gasteiger partial charge in [-0.1, -0.05) is 15.9 Å². The second-order valence-electron chi connectivity index (χ2n) is 4.25. The lowest BCUT2D eigenvalue weighted by Crippen LogP contribution is -2.18. The molecule has 1 rings (SSSR count). The summed E-state index contributed by atoms with van der Waals surface area (Å²) in [4.78, 5) is 0. The summed E-state index contributed by atoms with van der Waals surface area (Å²) in [6.07, 6.45) is 1.51. The number of halogens is 1. The Bertz CT molecular complexity index is 469. The van der Waals surface area contributed by atoms with Crippen molar-refractivity contribution < 1.29 is 8.42 Å². The van der Waals surface area contributed by atoms with Crippen LogP contribution in [0.1, 0.15) is 18.4 Å². The summed E-state index contributed by atoms with van der Waals surface area (Å²) in [6.45, 7) is 2.76. The quantitative estimate of drug-likeness (QED) is 0.753. The molecule has 102 valence electrons. The maximum absolute atomic E-state index is 11.8. The molecule has 0 saturated carbocycles. The van der Waals surface area contributed by atoms with E-state index < -0.39 is 10.0 Å². The Kier molecular flexibility index (Phi) is 6.11. The van der Waals surface area contributed by atoms with Crippen molar-refractivity contribution in [1.82, 2.24) is 5.32 Å². The summed E-state index contributed by atoms with van der Waals surface area (Å²) in [6, 6.07) is 5.51. The molecule has 0 bridgehead atoms. The molecule has 0 aromatic heterocycles. The first-order valence-corrected chi connectivity index (χ1v) is 8.30. The van der Waals surface area contributed by atoms with Gasteiger partial charge in [0.15, 0.2) is 0 Å². The Labute approximate surface area is 117 Å². The molecular weight excluding hydrogens is 316 g/mol. The molecule has 1 aromatic rings. The van der Waals surface area contributed by atoms with Gasteiger partial charge in [0.25, 0.3) is 0 Å². The first-order chi connectivity index (χ1) is 8.43. The van der Waals surface area contributed by atoms with E-state index in [2.05, 4.69) is 26.0 Å². The van der Waals surface area contributed by atoms with Crippen LogP contribution in [0.4, 0.5) is 5.69 Å². The van der Waals surface area contributed by atoms with Gasteiger partial charge >= 0.3 is 0 Å². The molecule has 2 N–H and O–H groups in total. The number of aryl methyl sites for hydroxylation is 1. The number of sulfonamides is 1. The molecule has 4 nitrogen and oxygen atoms in total. The van der Waals surface area contributed by atoms with Crippen LogP contribution in [0.5, 0.6) is 0 Å². The minimum Gasteiger partial charge on any atom is -0.320 e. The zero-order chi connectivity index (χ0) is 13.6. The van der Waals surface area contributed by atoms with E-state index in [1.54, 1.807) is 6.07 Å². The van der Waals surface area contributed by atoms with Crippen LogP contribution in [0, 0.1) is 6.92 Å². The highest BCUT2D eigenvalue weighted by molar-refractivity contribution is 9.10. The Morgan fingerprint density at radius 1 is 1.22 bits per heavy atom. The predicted molar refractivity (Wildman–Crippen MR) is 79.4 cm³/mol. The molecule has 0 heterocycles. The fourth-order valence-electron chi connectivity index (χ4n) is 1.62. The van der Waals surface area contributed by atoms with E-state index in [1.807, 2.05) is 26.1 Å². The van der Waals surface area contributed by atoms with Gasteiger partial charge in [-0.3, -0.25) is 4.72 Å². The smallest absolute Gasteiger partial charge is 0.232 e. The number of anilines is 1. The lowest BCUT2D eigenvalue weighted by Gasteiger charge is -2.09. The fraction of sp³-hybridized carbons (Fsp3) is 0.500. The first-order valence-electron chi connectivity index (χ1n) is 5.85. The maximum atomic E-state index is 11.8. The third kappa shape index (κ3) is 5.84. The summed E-state index contributed by atoms with van der Waals surface area (Å²) < 4.78 is 27.1. The van der Waals surface area contributed by atoms with E-state index in [1.165, 1.54) is 0 Å². The summed E-state index contributed by atoms with van der Waals surface area (Å²) in [5, 5.41) is 3.00. The van der Waals surface area contributed by atoms with E-state index >= 15 is 0 Å². The maximum Gasteiger partial charge on any atom is 0.232 e. The third-order valence-corrected chi connectivity index (χ3v) is 4.24. The van der Waals surface area contributed by atoms with Crippen molar-refractivity contribution in [3.63, 3.8) is 0 Å². The number of hydrogen-bond acceptors (Lipinski definition) is 3. The molecule has 0 radical (unpaired) electrons. The molecule has 0 amide bonds. The van der Waals surface area contributed by atoms with Gasteiger partial charge < -0.3 is 5.32 Å². The van der Waals surface area contributed by atoms with E-state index in [9.17, 15) is 8.42 Å². The van der Waals surface area contributed by atoms with E-state index in [0.717, 1.165) is 23.0 Å². The van der Waals surface area contributed by atoms with Crippen LogP contribution in [-0.4, -0.2) is 27.8 Å². The van der Waals surface area contributed by atoms with Gasteiger partial charge in [-0.15, -0.1) is 0 Å². The summed E-state index contributed by atoms with van der Waals surface area (Å²) >= 11 is 3.35. The zero-order valence-corrected chi connectivity index (χ0v) is 13.1. The fourth-order valence-corrected chi connectivity index (χ4v) is 3.39. The van der Waals surface area contributed by atoms with Gasteiger partial charge in [0.1, 0.15) is 0 Å². The average Bonchev–Trinajstić information content (AvgIpc) is 2.22. The van der Waals surface area contributed by atoms with E-state index in [4.69, 9.17) is 0 Å². The number of hydrogen-bond donors (Lipinski definition) is 2. The minimum atomic E-state index is -3.25. The van der Waals surface area contributed by atoms with Crippen LogP contribution >= 0.6 is 15.9 Å². The van der Waals surface area contributed by atoms with Gasteiger partial charge in [0, 0.05) is 10.2 Å². The second-order valence-corrected chi connectivity index (χ2v) is 7.01. The molecule has 0 spiro atoms. The Morgan fingerprint density at radius 3 is 2.56 bits per heavy atom. The normalized spacial score (nSPS) is 11.5. The summed E-state index contributed by atoms with van der Waals surface area (Å²) in [7, 11) is -1.39. The molecule has 0 unspecified atom stereocenters. The predicted octanol–water partition coefficient (Wildman–Crippen LogP) is 2.50. The van der Waals surface area contributed by atoms with Crippen LogP contribution in [0.25, 0.3) is 0 Å². The van der Waals surface area contributed by atoms with Crippen molar-refractivity contribution in [1.29, 1.82) is 0 Å². The van der Waals surface area contributed by atoms with Crippen molar-refractivity contribution in [2.75, 3.05) is 24.1 Å². The molecule has 18 heavy (non-hydrogen) atoms. The molecule has 6 heteroatoms. The van der Waals surface area contributed by atoms with Crippen LogP contribution in [-0.2, 0) is 10.0 Å². The largest absolute Gasteiger partial charge is 0.320 e. The molecule has 0 atom stereocenters. The molecule has 0 fully saturated rings. The van der Waals surface area contributed by atoms with Gasteiger partial charge in [0.05, 0.1) is 5.75 Å². The van der Waals surface area contributed by atoms with Crippen molar-refractivity contribution in [2.45, 2.75) is 19.8 Å². The number of nitrogens with one attached hydrogen (secondary N) is 2. The molecular formula is C12H19BrN2O2S. The van der Waals surface area contributed by atoms with Crippen molar-refractivity contribution in [3.8, 4) is 0 Å². The molecule has 0 aliphatic carbocycles.